The van der Waals surface area contributed by atoms with Gasteiger partial charge in [0.15, 0.2) is 12.5 Å². The Morgan fingerprint density at radius 2 is 1.37 bits per heavy atom. The standard InChI is InChI=1S/C30H39N5O6.2ClH/c1-35(2,17-19-37-28-21-39-30(41-28)24-9-4-6-11-26(24)32)16-7-12-33-13-14-34(22-33)15-18-36-27-20-38-29(40-27)23-8-3-5-10-25(23)31;;/h3-6,8-11,13-14,20-22,29-30H,7,12,15-19,31-32H2,1-2H3;2*1H/q+2;;/p-2. The number of nitrogen functional groups attached to an aromatic ring is 2. The lowest BCUT2D eigenvalue weighted by atomic mass is 10.2. The fourth-order valence-corrected chi connectivity index (χ4v) is 4.56. The highest BCUT2D eigenvalue weighted by Gasteiger charge is 2.26. The van der Waals surface area contributed by atoms with Crippen molar-refractivity contribution in [2.45, 2.75) is 32.1 Å². The SMILES string of the molecule is C[N+](C)(CCC[n+]1ccn(CCOC2=COC(c3ccccc3N)O2)c1)CCOC1=COC(c2ccccc2N)O1.[Cl-].[Cl-]. The van der Waals surface area contributed by atoms with E-state index in [1.165, 1.54) is 12.5 Å². The lowest BCUT2D eigenvalue weighted by Crippen LogP contribution is -3.00. The number of hydrogen-bond donors (Lipinski definition) is 2. The van der Waals surface area contributed by atoms with Crippen molar-refractivity contribution in [1.29, 1.82) is 0 Å². The van der Waals surface area contributed by atoms with Gasteiger partial charge in [-0.15, -0.1) is 0 Å². The summed E-state index contributed by atoms with van der Waals surface area (Å²) in [6.45, 7) is 4.41. The highest BCUT2D eigenvalue weighted by molar-refractivity contribution is 5.48. The average molecular weight is 637 g/mol. The quantitative estimate of drug-likeness (QED) is 0.114. The molecule has 0 aliphatic carbocycles. The van der Waals surface area contributed by atoms with Gasteiger partial charge in [-0.05, 0) is 24.3 Å². The van der Waals surface area contributed by atoms with Crippen molar-refractivity contribution in [3.63, 3.8) is 0 Å². The van der Waals surface area contributed by atoms with Gasteiger partial charge in [-0.1, -0.05) is 24.3 Å². The minimum absolute atomic E-state index is 0. The van der Waals surface area contributed by atoms with Crippen LogP contribution in [0.25, 0.3) is 0 Å². The third kappa shape index (κ3) is 9.28. The Bertz CT molecular complexity index is 1380. The predicted molar refractivity (Wildman–Crippen MR) is 151 cm³/mol. The van der Waals surface area contributed by atoms with E-state index in [4.69, 9.17) is 39.9 Å². The lowest BCUT2D eigenvalue weighted by molar-refractivity contribution is -0.893. The lowest BCUT2D eigenvalue weighted by Gasteiger charge is -2.29. The van der Waals surface area contributed by atoms with E-state index in [0.29, 0.717) is 43.0 Å². The molecule has 2 unspecified atom stereocenters. The summed E-state index contributed by atoms with van der Waals surface area (Å²) < 4.78 is 39.3. The summed E-state index contributed by atoms with van der Waals surface area (Å²) in [5, 5.41) is 0. The largest absolute Gasteiger partial charge is 1.00 e. The third-order valence-corrected chi connectivity index (χ3v) is 6.98. The van der Waals surface area contributed by atoms with Gasteiger partial charge < -0.3 is 69.2 Å². The summed E-state index contributed by atoms with van der Waals surface area (Å²) in [5.74, 6) is 0.731. The van der Waals surface area contributed by atoms with Crippen LogP contribution in [-0.2, 0) is 41.5 Å². The molecule has 0 radical (unpaired) electrons. The number of quaternary nitrogens is 1. The molecule has 0 spiro atoms. The van der Waals surface area contributed by atoms with Gasteiger partial charge in [0.05, 0.1) is 38.3 Å². The highest BCUT2D eigenvalue weighted by Crippen LogP contribution is 2.33. The molecule has 2 aliphatic rings. The number of nitrogens with zero attached hydrogens (tertiary/aromatic N) is 3. The van der Waals surface area contributed by atoms with E-state index >= 15 is 0 Å². The average Bonchev–Trinajstić information content (AvgIpc) is 3.71. The molecular weight excluding hydrogens is 597 g/mol. The van der Waals surface area contributed by atoms with Crippen LogP contribution in [0.4, 0.5) is 11.4 Å². The molecule has 0 bridgehead atoms. The summed E-state index contributed by atoms with van der Waals surface area (Å²) in [5.41, 5.74) is 14.8. The molecular formula is C30H39Cl2N5O6. The van der Waals surface area contributed by atoms with Crippen LogP contribution in [0, 0.1) is 0 Å². The van der Waals surface area contributed by atoms with Gasteiger partial charge in [0, 0.05) is 17.8 Å². The molecule has 2 aliphatic heterocycles. The van der Waals surface area contributed by atoms with Crippen LogP contribution in [0.1, 0.15) is 30.1 Å². The number of aryl methyl sites for hydroxylation is 1. The zero-order chi connectivity index (χ0) is 28.7. The van der Waals surface area contributed by atoms with Gasteiger partial charge in [0.1, 0.15) is 38.7 Å². The molecule has 2 atom stereocenters. The maximum absolute atomic E-state index is 6.01. The van der Waals surface area contributed by atoms with E-state index in [1.807, 2.05) is 54.7 Å². The highest BCUT2D eigenvalue weighted by atomic mass is 35.5. The van der Waals surface area contributed by atoms with Crippen LogP contribution >= 0.6 is 0 Å². The summed E-state index contributed by atoms with van der Waals surface area (Å²) in [7, 11) is 4.40. The van der Waals surface area contributed by atoms with Crippen LogP contribution in [0.2, 0.25) is 0 Å². The number of halogens is 2. The fourth-order valence-electron chi connectivity index (χ4n) is 4.56. The van der Waals surface area contributed by atoms with Crippen LogP contribution in [-0.4, -0.2) is 49.4 Å². The Morgan fingerprint density at radius 1 is 0.814 bits per heavy atom. The number of ether oxygens (including phenoxy) is 6. The van der Waals surface area contributed by atoms with Crippen LogP contribution < -0.4 is 40.8 Å². The first-order valence-corrected chi connectivity index (χ1v) is 13.7. The molecule has 5 rings (SSSR count). The molecule has 0 amide bonds. The van der Waals surface area contributed by atoms with Gasteiger partial charge in [0.2, 0.25) is 6.33 Å². The Kier molecular flexibility index (Phi) is 12.1. The first-order valence-electron chi connectivity index (χ1n) is 13.7. The van der Waals surface area contributed by atoms with E-state index in [0.717, 1.165) is 41.7 Å². The molecule has 3 aromatic rings. The maximum atomic E-state index is 6.01. The number of likely N-dealkylation sites (N-methyl/N-ethyl adjacent to an activating group) is 1. The summed E-state index contributed by atoms with van der Waals surface area (Å²) in [4.78, 5) is 0. The van der Waals surface area contributed by atoms with Gasteiger partial charge in [-0.3, -0.25) is 0 Å². The first-order chi connectivity index (χ1) is 19.9. The molecule has 3 heterocycles. The number of hydrogen-bond acceptors (Lipinski definition) is 8. The number of para-hydroxylation sites is 2. The van der Waals surface area contributed by atoms with Crippen molar-refractivity contribution < 1.29 is 62.3 Å². The third-order valence-electron chi connectivity index (χ3n) is 6.98. The molecule has 234 valence electrons. The van der Waals surface area contributed by atoms with E-state index in [-0.39, 0.29) is 24.8 Å². The van der Waals surface area contributed by atoms with E-state index < -0.39 is 12.6 Å². The fraction of sp³-hybridized carbons (Fsp3) is 0.367. The number of nitrogens with two attached hydrogens (primary N) is 2. The van der Waals surface area contributed by atoms with Crippen LogP contribution in [0.15, 0.2) is 91.7 Å². The van der Waals surface area contributed by atoms with Crippen molar-refractivity contribution in [1.82, 2.24) is 4.57 Å². The zero-order valence-electron chi connectivity index (χ0n) is 24.3. The van der Waals surface area contributed by atoms with Gasteiger partial charge in [0.25, 0.3) is 12.6 Å². The molecule has 0 saturated carbocycles. The number of rotatable bonds is 14. The normalized spacial score (nSPS) is 17.2. The molecule has 0 fully saturated rings. The van der Waals surface area contributed by atoms with Crippen molar-refractivity contribution in [3.05, 3.63) is 103 Å². The Morgan fingerprint density at radius 3 is 1.95 bits per heavy atom. The van der Waals surface area contributed by atoms with Crippen LogP contribution in [0.5, 0.6) is 0 Å². The van der Waals surface area contributed by atoms with Gasteiger partial charge in [-0.25, -0.2) is 9.13 Å². The summed E-state index contributed by atoms with van der Waals surface area (Å²) in [6.07, 6.45) is 9.07. The van der Waals surface area contributed by atoms with Gasteiger partial charge in [-0.2, -0.15) is 0 Å². The van der Waals surface area contributed by atoms with Crippen LogP contribution in [0.3, 0.4) is 0 Å². The summed E-state index contributed by atoms with van der Waals surface area (Å²) in [6, 6.07) is 14.9. The Labute approximate surface area is 264 Å². The number of benzene rings is 2. The topological polar surface area (TPSA) is 116 Å². The van der Waals surface area contributed by atoms with Crippen molar-refractivity contribution in [2.75, 3.05) is 51.9 Å². The molecule has 43 heavy (non-hydrogen) atoms. The molecule has 13 heteroatoms. The summed E-state index contributed by atoms with van der Waals surface area (Å²) >= 11 is 0. The van der Waals surface area contributed by atoms with E-state index in [2.05, 4.69) is 35.8 Å². The maximum Gasteiger partial charge on any atom is 0.319 e. The smallest absolute Gasteiger partial charge is 0.319 e. The second-order valence-corrected chi connectivity index (χ2v) is 10.6. The molecule has 11 nitrogen and oxygen atoms in total. The molecule has 0 saturated heterocycles. The number of aromatic nitrogens is 2. The van der Waals surface area contributed by atoms with Crippen molar-refractivity contribution in [3.8, 4) is 0 Å². The van der Waals surface area contributed by atoms with Crippen molar-refractivity contribution in [2.24, 2.45) is 0 Å². The number of imidazole rings is 1. The Hall–Kier alpha value is -3.93. The molecule has 4 N–H and O–H groups in total. The monoisotopic (exact) mass is 635 g/mol. The predicted octanol–water partition coefficient (Wildman–Crippen LogP) is -2.46. The van der Waals surface area contributed by atoms with Gasteiger partial charge >= 0.3 is 11.9 Å². The second kappa shape index (κ2) is 15.5. The zero-order valence-corrected chi connectivity index (χ0v) is 25.8. The first kappa shape index (κ1) is 33.6. The molecule has 1 aromatic heterocycles. The van der Waals surface area contributed by atoms with E-state index in [1.54, 1.807) is 0 Å². The minimum Gasteiger partial charge on any atom is -1.00 e. The Balaban J connectivity index is 0.00000253. The number of anilines is 2. The second-order valence-electron chi connectivity index (χ2n) is 10.6. The molecule has 2 aromatic carbocycles. The van der Waals surface area contributed by atoms with E-state index in [9.17, 15) is 0 Å². The minimum atomic E-state index is -0.580. The van der Waals surface area contributed by atoms with Crippen molar-refractivity contribution >= 4 is 11.4 Å².